The first-order valence-corrected chi connectivity index (χ1v) is 5.65. The Balaban J connectivity index is 0.00000196. The van der Waals surface area contributed by atoms with Crippen molar-refractivity contribution in [1.29, 1.82) is 0 Å². The van der Waals surface area contributed by atoms with Gasteiger partial charge in [0.15, 0.2) is 5.01 Å². The van der Waals surface area contributed by atoms with Gasteiger partial charge in [0, 0.05) is 12.8 Å². The Morgan fingerprint density at radius 3 is 2.57 bits per heavy atom. The summed E-state index contributed by atoms with van der Waals surface area (Å²) in [7, 11) is 0. The zero-order valence-corrected chi connectivity index (χ0v) is 9.81. The van der Waals surface area contributed by atoms with Gasteiger partial charge in [0.25, 0.3) is 5.91 Å². The lowest BCUT2D eigenvalue weighted by atomic mass is 10.2. The molecule has 0 saturated heterocycles. The lowest BCUT2D eigenvalue weighted by Gasteiger charge is -2.05. The summed E-state index contributed by atoms with van der Waals surface area (Å²) >= 11 is 1.40. The number of thiazole rings is 1. The minimum atomic E-state index is -0.0723. The zero-order valence-electron chi connectivity index (χ0n) is 9.00. The molecule has 0 aliphatic carbocycles. The maximum atomic E-state index is 11.5. The predicted octanol–water partition coefficient (Wildman–Crippen LogP) is 2.65. The van der Waals surface area contributed by atoms with Gasteiger partial charge in [-0.25, -0.2) is 4.98 Å². The summed E-state index contributed by atoms with van der Waals surface area (Å²) in [6.45, 7) is 8.02. The normalized spacial score (nSPS) is 11.0. The second-order valence-electron chi connectivity index (χ2n) is 3.86. The van der Waals surface area contributed by atoms with Crippen LogP contribution in [-0.2, 0) is 0 Å². The fourth-order valence-corrected chi connectivity index (χ4v) is 1.86. The number of hydrogen-bond acceptors (Lipinski definition) is 3. The average molecular weight is 214 g/mol. The van der Waals surface area contributed by atoms with E-state index < -0.39 is 0 Å². The summed E-state index contributed by atoms with van der Waals surface area (Å²) in [4.78, 5) is 15.8. The molecule has 0 spiro atoms. The largest absolute Gasteiger partial charge is 0.348 e. The van der Waals surface area contributed by atoms with Crippen molar-refractivity contribution in [2.45, 2.75) is 39.7 Å². The summed E-state index contributed by atoms with van der Waals surface area (Å²) in [6.07, 6.45) is 0. The van der Waals surface area contributed by atoms with E-state index in [1.54, 1.807) is 0 Å². The number of hydrogen-bond donors (Lipinski definition) is 1. The van der Waals surface area contributed by atoms with Gasteiger partial charge >= 0.3 is 0 Å². The average Bonchev–Trinajstić information content (AvgIpc) is 2.50. The van der Waals surface area contributed by atoms with Gasteiger partial charge in [-0.2, -0.15) is 0 Å². The van der Waals surface area contributed by atoms with Crippen LogP contribution in [0.15, 0.2) is 5.38 Å². The van der Waals surface area contributed by atoms with Crippen molar-refractivity contribution in [3.63, 3.8) is 0 Å². The summed E-state index contributed by atoms with van der Waals surface area (Å²) in [5.41, 5.74) is 0.990. The summed E-state index contributed by atoms with van der Waals surface area (Å²) in [6, 6.07) is 0.161. The maximum Gasteiger partial charge on any atom is 0.280 e. The van der Waals surface area contributed by atoms with Crippen molar-refractivity contribution in [2.75, 3.05) is 0 Å². The Bertz CT molecular complexity index is 323. The fraction of sp³-hybridized carbons (Fsp3) is 0.600. The van der Waals surface area contributed by atoms with E-state index in [1.165, 1.54) is 11.3 Å². The van der Waals surface area contributed by atoms with Gasteiger partial charge < -0.3 is 5.32 Å². The third-order valence-electron chi connectivity index (χ3n) is 1.73. The third kappa shape index (κ3) is 2.80. The topological polar surface area (TPSA) is 42.0 Å². The standard InChI is InChI=1S/C10H16N2OS.H2/c1-6(2)8-5-14-10(12-8)9(13)11-7(3)4;/h5-7H,1-4H3,(H,11,13);1H. The fourth-order valence-electron chi connectivity index (χ4n) is 0.980. The van der Waals surface area contributed by atoms with Crippen LogP contribution < -0.4 is 5.32 Å². The van der Waals surface area contributed by atoms with E-state index >= 15 is 0 Å². The van der Waals surface area contributed by atoms with Crippen LogP contribution in [0, 0.1) is 0 Å². The summed E-state index contributed by atoms with van der Waals surface area (Å²) in [5.74, 6) is 0.309. The van der Waals surface area contributed by atoms with E-state index in [2.05, 4.69) is 24.1 Å². The zero-order chi connectivity index (χ0) is 10.7. The molecule has 1 N–H and O–H groups in total. The molecule has 1 heterocycles. The van der Waals surface area contributed by atoms with Gasteiger partial charge in [-0.3, -0.25) is 4.79 Å². The summed E-state index contributed by atoms with van der Waals surface area (Å²) < 4.78 is 0. The van der Waals surface area contributed by atoms with E-state index in [4.69, 9.17) is 0 Å². The first kappa shape index (κ1) is 11.2. The molecule has 14 heavy (non-hydrogen) atoms. The third-order valence-corrected chi connectivity index (χ3v) is 2.59. The van der Waals surface area contributed by atoms with Crippen molar-refractivity contribution < 1.29 is 6.22 Å². The number of nitrogens with one attached hydrogen (secondary N) is 1. The molecule has 1 amide bonds. The monoisotopic (exact) mass is 214 g/mol. The van der Waals surface area contributed by atoms with E-state index in [0.717, 1.165) is 5.69 Å². The quantitative estimate of drug-likeness (QED) is 0.840. The van der Waals surface area contributed by atoms with Crippen LogP contribution in [0.5, 0.6) is 0 Å². The van der Waals surface area contributed by atoms with Crippen molar-refractivity contribution in [3.05, 3.63) is 16.1 Å². The van der Waals surface area contributed by atoms with Gasteiger partial charge in [0.2, 0.25) is 0 Å². The van der Waals surface area contributed by atoms with Crippen molar-refractivity contribution >= 4 is 17.2 Å². The van der Waals surface area contributed by atoms with Gasteiger partial charge in [0.05, 0.1) is 5.69 Å². The minimum Gasteiger partial charge on any atom is -0.348 e. The highest BCUT2D eigenvalue weighted by molar-refractivity contribution is 7.11. The molecule has 0 aliphatic heterocycles. The predicted molar refractivity (Wildman–Crippen MR) is 60.9 cm³/mol. The van der Waals surface area contributed by atoms with Crippen LogP contribution >= 0.6 is 11.3 Å². The summed E-state index contributed by atoms with van der Waals surface area (Å²) in [5, 5.41) is 5.32. The minimum absolute atomic E-state index is 0. The Morgan fingerprint density at radius 2 is 2.14 bits per heavy atom. The molecular weight excluding hydrogens is 196 g/mol. The number of carbonyl (C=O) groups excluding carboxylic acids is 1. The van der Waals surface area contributed by atoms with Crippen LogP contribution in [0.25, 0.3) is 0 Å². The van der Waals surface area contributed by atoms with Crippen LogP contribution in [0.3, 0.4) is 0 Å². The number of carbonyl (C=O) groups is 1. The van der Waals surface area contributed by atoms with Gasteiger partial charge in [-0.05, 0) is 19.8 Å². The lowest BCUT2D eigenvalue weighted by Crippen LogP contribution is -2.29. The van der Waals surface area contributed by atoms with Gasteiger partial charge in [-0.15, -0.1) is 11.3 Å². The highest BCUT2D eigenvalue weighted by Gasteiger charge is 2.12. The SMILES string of the molecule is CC(C)NC(=O)c1nc(C(C)C)cs1.[HH]. The van der Waals surface area contributed by atoms with Crippen molar-refractivity contribution in [1.82, 2.24) is 10.3 Å². The Kier molecular flexibility index (Phi) is 3.63. The van der Waals surface area contributed by atoms with E-state index in [9.17, 15) is 4.79 Å². The Hall–Kier alpha value is -0.900. The molecule has 0 atom stereocenters. The second kappa shape index (κ2) is 4.55. The van der Waals surface area contributed by atoms with Crippen molar-refractivity contribution in [2.24, 2.45) is 0 Å². The first-order chi connectivity index (χ1) is 6.50. The number of nitrogens with zero attached hydrogens (tertiary/aromatic N) is 1. The Morgan fingerprint density at radius 1 is 1.50 bits per heavy atom. The molecule has 0 aromatic carbocycles. The molecule has 3 nitrogen and oxygen atoms in total. The highest BCUT2D eigenvalue weighted by Crippen LogP contribution is 2.17. The highest BCUT2D eigenvalue weighted by atomic mass is 32.1. The maximum absolute atomic E-state index is 11.5. The Labute approximate surface area is 90.0 Å². The first-order valence-electron chi connectivity index (χ1n) is 4.77. The number of rotatable bonds is 3. The van der Waals surface area contributed by atoms with Crippen LogP contribution in [-0.4, -0.2) is 16.9 Å². The molecule has 1 aromatic rings. The molecule has 0 aliphatic rings. The van der Waals surface area contributed by atoms with Crippen LogP contribution in [0.4, 0.5) is 0 Å². The van der Waals surface area contributed by atoms with Crippen LogP contribution in [0.1, 0.15) is 50.5 Å². The molecule has 1 rings (SSSR count). The van der Waals surface area contributed by atoms with Crippen molar-refractivity contribution in [3.8, 4) is 0 Å². The van der Waals surface area contributed by atoms with Crippen LogP contribution in [0.2, 0.25) is 0 Å². The number of amides is 1. The molecule has 0 radical (unpaired) electrons. The number of aromatic nitrogens is 1. The molecule has 0 bridgehead atoms. The molecule has 80 valence electrons. The van der Waals surface area contributed by atoms with Gasteiger partial charge in [0.1, 0.15) is 0 Å². The molecular formula is C10H18N2OS. The molecule has 0 saturated carbocycles. The smallest absolute Gasteiger partial charge is 0.280 e. The van der Waals surface area contributed by atoms with Gasteiger partial charge in [-0.1, -0.05) is 13.8 Å². The molecule has 4 heteroatoms. The van der Waals surface area contributed by atoms with E-state index in [-0.39, 0.29) is 13.4 Å². The molecule has 0 fully saturated rings. The van der Waals surface area contributed by atoms with E-state index in [1.807, 2.05) is 19.2 Å². The second-order valence-corrected chi connectivity index (χ2v) is 4.72. The molecule has 1 aromatic heterocycles. The lowest BCUT2D eigenvalue weighted by molar-refractivity contribution is 0.0942. The molecule has 0 unspecified atom stereocenters. The van der Waals surface area contributed by atoms with E-state index in [0.29, 0.717) is 10.9 Å².